The molecular weight excluding hydrogens is 338 g/mol. The standard InChI is InChI=1S/C22H23N3O2/c1-15-13-21(16(2)25(15)14-18-7-5-4-6-8-18)22(27)24-20-11-9-19(10-12-20)23-17(3)26/h4-13H,14H2,1-3H3,(H,23,26)(H,24,27). The van der Waals surface area contributed by atoms with Gasteiger partial charge in [0.25, 0.3) is 5.91 Å². The van der Waals surface area contributed by atoms with Crippen molar-refractivity contribution in [3.05, 3.63) is 83.2 Å². The molecule has 0 fully saturated rings. The minimum atomic E-state index is -0.144. The van der Waals surface area contributed by atoms with Crippen LogP contribution in [0.15, 0.2) is 60.7 Å². The smallest absolute Gasteiger partial charge is 0.257 e. The number of carbonyl (C=O) groups is 2. The molecule has 0 unspecified atom stereocenters. The van der Waals surface area contributed by atoms with Crippen molar-refractivity contribution in [2.24, 2.45) is 0 Å². The van der Waals surface area contributed by atoms with Crippen molar-refractivity contribution in [3.8, 4) is 0 Å². The molecule has 0 spiro atoms. The van der Waals surface area contributed by atoms with E-state index in [1.807, 2.05) is 38.1 Å². The fourth-order valence-electron chi connectivity index (χ4n) is 3.08. The molecule has 0 radical (unpaired) electrons. The van der Waals surface area contributed by atoms with E-state index in [1.54, 1.807) is 24.3 Å². The molecule has 0 aliphatic carbocycles. The molecule has 2 amide bonds. The molecule has 0 aliphatic rings. The summed E-state index contributed by atoms with van der Waals surface area (Å²) < 4.78 is 2.14. The molecule has 1 aromatic heterocycles. The zero-order valence-corrected chi connectivity index (χ0v) is 15.7. The molecule has 1 heterocycles. The molecule has 2 aromatic carbocycles. The number of amides is 2. The van der Waals surface area contributed by atoms with E-state index in [0.29, 0.717) is 16.9 Å². The number of rotatable bonds is 5. The molecule has 0 saturated carbocycles. The monoisotopic (exact) mass is 361 g/mol. The highest BCUT2D eigenvalue weighted by molar-refractivity contribution is 6.05. The molecule has 0 bridgehead atoms. The summed E-state index contributed by atoms with van der Waals surface area (Å²) in [4.78, 5) is 23.8. The second-order valence-electron chi connectivity index (χ2n) is 6.57. The van der Waals surface area contributed by atoms with Gasteiger partial charge in [-0.25, -0.2) is 0 Å². The van der Waals surface area contributed by atoms with Crippen molar-refractivity contribution in [1.29, 1.82) is 0 Å². The van der Waals surface area contributed by atoms with Gasteiger partial charge < -0.3 is 15.2 Å². The first-order valence-corrected chi connectivity index (χ1v) is 8.83. The van der Waals surface area contributed by atoms with E-state index in [-0.39, 0.29) is 11.8 Å². The van der Waals surface area contributed by atoms with E-state index in [0.717, 1.165) is 17.9 Å². The highest BCUT2D eigenvalue weighted by atomic mass is 16.2. The number of anilines is 2. The fraction of sp³-hybridized carbons (Fsp3) is 0.182. The Morgan fingerprint density at radius 2 is 1.48 bits per heavy atom. The van der Waals surface area contributed by atoms with Gasteiger partial charge in [-0.15, -0.1) is 0 Å². The molecule has 5 nitrogen and oxygen atoms in total. The number of hydrogen-bond donors (Lipinski definition) is 2. The van der Waals surface area contributed by atoms with Crippen LogP contribution < -0.4 is 10.6 Å². The maximum absolute atomic E-state index is 12.7. The lowest BCUT2D eigenvalue weighted by Crippen LogP contribution is -2.13. The molecule has 3 aromatic rings. The van der Waals surface area contributed by atoms with E-state index in [2.05, 4.69) is 27.3 Å². The van der Waals surface area contributed by atoms with Crippen LogP contribution in [0.1, 0.15) is 34.2 Å². The van der Waals surface area contributed by atoms with Crippen molar-refractivity contribution in [2.45, 2.75) is 27.3 Å². The first-order chi connectivity index (χ1) is 12.9. The zero-order chi connectivity index (χ0) is 19.4. The van der Waals surface area contributed by atoms with Crippen molar-refractivity contribution in [3.63, 3.8) is 0 Å². The minimum absolute atomic E-state index is 0.127. The summed E-state index contributed by atoms with van der Waals surface area (Å²) in [5.74, 6) is -0.271. The Morgan fingerprint density at radius 3 is 2.07 bits per heavy atom. The van der Waals surface area contributed by atoms with Gasteiger partial charge in [0.2, 0.25) is 5.91 Å². The van der Waals surface area contributed by atoms with Crippen LogP contribution in [0.25, 0.3) is 0 Å². The third-order valence-electron chi connectivity index (χ3n) is 4.46. The topological polar surface area (TPSA) is 63.1 Å². The number of nitrogens with zero attached hydrogens (tertiary/aromatic N) is 1. The van der Waals surface area contributed by atoms with Crippen LogP contribution in [-0.2, 0) is 11.3 Å². The van der Waals surface area contributed by atoms with E-state index in [1.165, 1.54) is 12.5 Å². The van der Waals surface area contributed by atoms with Crippen molar-refractivity contribution < 1.29 is 9.59 Å². The largest absolute Gasteiger partial charge is 0.344 e. The van der Waals surface area contributed by atoms with Crippen molar-refractivity contribution in [1.82, 2.24) is 4.57 Å². The number of hydrogen-bond acceptors (Lipinski definition) is 2. The van der Waals surface area contributed by atoms with E-state index in [9.17, 15) is 9.59 Å². The predicted octanol–water partition coefficient (Wildman–Crippen LogP) is 4.36. The van der Waals surface area contributed by atoms with Gasteiger partial charge in [0, 0.05) is 36.2 Å². The van der Waals surface area contributed by atoms with Gasteiger partial charge in [-0.3, -0.25) is 9.59 Å². The third kappa shape index (κ3) is 4.44. The van der Waals surface area contributed by atoms with Gasteiger partial charge in [-0.2, -0.15) is 0 Å². The number of carbonyl (C=O) groups excluding carboxylic acids is 2. The summed E-state index contributed by atoms with van der Waals surface area (Å²) in [5.41, 5.74) is 5.21. The number of benzene rings is 2. The maximum Gasteiger partial charge on any atom is 0.257 e. The van der Waals surface area contributed by atoms with Gasteiger partial charge in [-0.1, -0.05) is 30.3 Å². The molecule has 0 atom stereocenters. The Kier molecular flexibility index (Phi) is 5.41. The van der Waals surface area contributed by atoms with E-state index in [4.69, 9.17) is 0 Å². The van der Waals surface area contributed by atoms with Crippen LogP contribution in [-0.4, -0.2) is 16.4 Å². The summed E-state index contributed by atoms with van der Waals surface area (Å²) in [7, 11) is 0. The number of aromatic nitrogens is 1. The predicted molar refractivity (Wildman–Crippen MR) is 108 cm³/mol. The maximum atomic E-state index is 12.7. The lowest BCUT2D eigenvalue weighted by Gasteiger charge is -2.10. The second kappa shape index (κ2) is 7.91. The molecule has 5 heteroatoms. The molecule has 138 valence electrons. The lowest BCUT2D eigenvalue weighted by molar-refractivity contribution is -0.114. The van der Waals surface area contributed by atoms with Gasteiger partial charge >= 0.3 is 0 Å². The van der Waals surface area contributed by atoms with Crippen molar-refractivity contribution in [2.75, 3.05) is 10.6 Å². The Bertz CT molecular complexity index is 957. The molecule has 0 saturated heterocycles. The average molecular weight is 361 g/mol. The number of aryl methyl sites for hydroxylation is 1. The van der Waals surface area contributed by atoms with Crippen LogP contribution in [0.5, 0.6) is 0 Å². The minimum Gasteiger partial charge on any atom is -0.344 e. The van der Waals surface area contributed by atoms with Crippen LogP contribution in [0, 0.1) is 13.8 Å². The molecule has 3 rings (SSSR count). The van der Waals surface area contributed by atoms with E-state index < -0.39 is 0 Å². The summed E-state index contributed by atoms with van der Waals surface area (Å²) in [6, 6.07) is 19.2. The Labute approximate surface area is 159 Å². The van der Waals surface area contributed by atoms with Crippen LogP contribution in [0.3, 0.4) is 0 Å². The van der Waals surface area contributed by atoms with Gasteiger partial charge in [0.15, 0.2) is 0 Å². The Hall–Kier alpha value is -3.34. The van der Waals surface area contributed by atoms with Gasteiger partial charge in [0.05, 0.1) is 5.56 Å². The Balaban J connectivity index is 1.75. The first-order valence-electron chi connectivity index (χ1n) is 8.83. The first kappa shape index (κ1) is 18.5. The quantitative estimate of drug-likeness (QED) is 0.709. The normalized spacial score (nSPS) is 10.5. The highest BCUT2D eigenvalue weighted by Gasteiger charge is 2.16. The second-order valence-corrected chi connectivity index (χ2v) is 6.57. The molecular formula is C22H23N3O2. The third-order valence-corrected chi connectivity index (χ3v) is 4.46. The van der Waals surface area contributed by atoms with Crippen LogP contribution in [0.4, 0.5) is 11.4 Å². The molecule has 2 N–H and O–H groups in total. The molecule has 27 heavy (non-hydrogen) atoms. The van der Waals surface area contributed by atoms with Crippen LogP contribution in [0.2, 0.25) is 0 Å². The SMILES string of the molecule is CC(=O)Nc1ccc(NC(=O)c2cc(C)n(Cc3ccccc3)c2C)cc1. The average Bonchev–Trinajstić information content (AvgIpc) is 2.92. The Morgan fingerprint density at radius 1 is 0.889 bits per heavy atom. The summed E-state index contributed by atoms with van der Waals surface area (Å²) >= 11 is 0. The number of nitrogens with one attached hydrogen (secondary N) is 2. The molecule has 0 aliphatic heterocycles. The summed E-state index contributed by atoms with van der Waals surface area (Å²) in [6.07, 6.45) is 0. The van der Waals surface area contributed by atoms with E-state index >= 15 is 0 Å². The van der Waals surface area contributed by atoms with Crippen LogP contribution >= 0.6 is 0 Å². The van der Waals surface area contributed by atoms with Gasteiger partial charge in [-0.05, 0) is 49.7 Å². The summed E-state index contributed by atoms with van der Waals surface area (Å²) in [5, 5.41) is 5.62. The lowest BCUT2D eigenvalue weighted by atomic mass is 10.2. The van der Waals surface area contributed by atoms with Crippen molar-refractivity contribution >= 4 is 23.2 Å². The summed E-state index contributed by atoms with van der Waals surface area (Å²) in [6.45, 7) is 6.16. The fourth-order valence-corrected chi connectivity index (χ4v) is 3.08. The van der Waals surface area contributed by atoms with Gasteiger partial charge in [0.1, 0.15) is 0 Å². The zero-order valence-electron chi connectivity index (χ0n) is 15.7. The highest BCUT2D eigenvalue weighted by Crippen LogP contribution is 2.20.